The van der Waals surface area contributed by atoms with Gasteiger partial charge in [0.2, 0.25) is 5.13 Å². The van der Waals surface area contributed by atoms with E-state index in [0.717, 1.165) is 42.2 Å². The molecule has 1 atom stereocenters. The van der Waals surface area contributed by atoms with Crippen molar-refractivity contribution in [3.63, 3.8) is 0 Å². The van der Waals surface area contributed by atoms with E-state index in [1.54, 1.807) is 11.3 Å². The van der Waals surface area contributed by atoms with Crippen molar-refractivity contribution in [3.8, 4) is 5.13 Å². The predicted molar refractivity (Wildman–Crippen MR) is 81.3 cm³/mol. The van der Waals surface area contributed by atoms with Crippen LogP contribution in [0, 0.1) is 6.92 Å². The van der Waals surface area contributed by atoms with Crippen LogP contribution in [0.4, 0.5) is 0 Å². The predicted octanol–water partition coefficient (Wildman–Crippen LogP) is 3.09. The summed E-state index contributed by atoms with van der Waals surface area (Å²) in [4.78, 5) is 15.6. The van der Waals surface area contributed by atoms with E-state index in [2.05, 4.69) is 11.9 Å². The van der Waals surface area contributed by atoms with Crippen molar-refractivity contribution < 1.29 is 9.90 Å². The Morgan fingerprint density at radius 2 is 2.38 bits per heavy atom. The van der Waals surface area contributed by atoms with Crippen molar-refractivity contribution in [3.05, 3.63) is 28.0 Å². The quantitative estimate of drug-likeness (QED) is 0.942. The first-order chi connectivity index (χ1) is 10.1. The lowest BCUT2D eigenvalue weighted by atomic mass is 9.83. The third kappa shape index (κ3) is 2.60. The highest BCUT2D eigenvalue weighted by molar-refractivity contribution is 7.12. The Bertz CT molecular complexity index is 675. The molecule has 0 aliphatic heterocycles. The van der Waals surface area contributed by atoms with Gasteiger partial charge < -0.3 is 5.11 Å². The topological polar surface area (TPSA) is 68.0 Å². The molecule has 2 heterocycles. The Morgan fingerprint density at radius 1 is 1.57 bits per heavy atom. The second-order valence-electron chi connectivity index (χ2n) is 5.53. The number of nitrogens with zero attached hydrogens (tertiary/aromatic N) is 3. The van der Waals surface area contributed by atoms with Gasteiger partial charge in [0.15, 0.2) is 0 Å². The Kier molecular flexibility index (Phi) is 3.80. The smallest absolute Gasteiger partial charge is 0.303 e. The van der Waals surface area contributed by atoms with Crippen molar-refractivity contribution in [2.24, 2.45) is 0 Å². The monoisotopic (exact) mass is 305 g/mol. The number of thiazole rings is 1. The average molecular weight is 305 g/mol. The first-order valence-corrected chi connectivity index (χ1v) is 8.23. The summed E-state index contributed by atoms with van der Waals surface area (Å²) in [6.45, 7) is 4.05. The highest BCUT2D eigenvalue weighted by Gasteiger charge is 2.30. The normalized spacial score (nSPS) is 17.7. The van der Waals surface area contributed by atoms with Gasteiger partial charge in [-0.05, 0) is 38.5 Å². The summed E-state index contributed by atoms with van der Waals surface area (Å²) >= 11 is 1.59. The first kappa shape index (κ1) is 14.3. The molecule has 21 heavy (non-hydrogen) atoms. The fraction of sp³-hybridized carbons (Fsp3) is 0.533. The fourth-order valence-electron chi connectivity index (χ4n) is 3.16. The van der Waals surface area contributed by atoms with Crippen LogP contribution in [-0.4, -0.2) is 25.8 Å². The number of hydrogen-bond acceptors (Lipinski definition) is 4. The standard InChI is InChI=1S/C15H19N3O2S/c1-3-11-14-10(7-13(19)20)5-4-6-12(14)18(17-11)15-16-9(2)8-21-15/h8,10H,3-7H2,1-2H3,(H,19,20). The SMILES string of the molecule is CCc1nn(-c2nc(C)cs2)c2c1C(CC(=O)O)CCC2. The third-order valence-electron chi connectivity index (χ3n) is 4.02. The van der Waals surface area contributed by atoms with E-state index < -0.39 is 5.97 Å². The maximum absolute atomic E-state index is 11.1. The zero-order valence-corrected chi connectivity index (χ0v) is 13.1. The zero-order valence-electron chi connectivity index (χ0n) is 12.3. The van der Waals surface area contributed by atoms with E-state index in [0.29, 0.717) is 0 Å². The van der Waals surface area contributed by atoms with Gasteiger partial charge in [-0.25, -0.2) is 9.67 Å². The van der Waals surface area contributed by atoms with Crippen molar-refractivity contribution in [2.45, 2.75) is 51.9 Å². The van der Waals surface area contributed by atoms with Crippen LogP contribution in [0.3, 0.4) is 0 Å². The Morgan fingerprint density at radius 3 is 3.00 bits per heavy atom. The van der Waals surface area contributed by atoms with E-state index in [-0.39, 0.29) is 12.3 Å². The number of carbonyl (C=O) groups is 1. The van der Waals surface area contributed by atoms with Gasteiger partial charge in [-0.2, -0.15) is 5.10 Å². The maximum atomic E-state index is 11.1. The number of hydrogen-bond donors (Lipinski definition) is 1. The lowest BCUT2D eigenvalue weighted by Crippen LogP contribution is -2.15. The lowest BCUT2D eigenvalue weighted by Gasteiger charge is -2.22. The highest BCUT2D eigenvalue weighted by atomic mass is 32.1. The van der Waals surface area contributed by atoms with Crippen molar-refractivity contribution in [2.75, 3.05) is 0 Å². The van der Waals surface area contributed by atoms with Gasteiger partial charge in [0.25, 0.3) is 0 Å². The van der Waals surface area contributed by atoms with Crippen LogP contribution in [0.5, 0.6) is 0 Å². The molecule has 0 radical (unpaired) electrons. The molecule has 0 aromatic carbocycles. The molecule has 1 N–H and O–H groups in total. The van der Waals surface area contributed by atoms with Crippen LogP contribution in [0.2, 0.25) is 0 Å². The molecule has 112 valence electrons. The van der Waals surface area contributed by atoms with Gasteiger partial charge in [0, 0.05) is 10.9 Å². The van der Waals surface area contributed by atoms with E-state index in [1.807, 2.05) is 17.0 Å². The minimum absolute atomic E-state index is 0.0935. The van der Waals surface area contributed by atoms with E-state index in [4.69, 9.17) is 10.2 Å². The molecule has 0 saturated carbocycles. The van der Waals surface area contributed by atoms with Crippen molar-refractivity contribution in [1.29, 1.82) is 0 Å². The largest absolute Gasteiger partial charge is 0.481 e. The Labute approximate surface area is 127 Å². The fourth-order valence-corrected chi connectivity index (χ4v) is 3.94. The average Bonchev–Trinajstić information content (AvgIpc) is 3.02. The van der Waals surface area contributed by atoms with Crippen LogP contribution in [0.25, 0.3) is 5.13 Å². The van der Waals surface area contributed by atoms with Gasteiger partial charge in [-0.15, -0.1) is 11.3 Å². The molecule has 1 unspecified atom stereocenters. The highest BCUT2D eigenvalue weighted by Crippen LogP contribution is 2.37. The summed E-state index contributed by atoms with van der Waals surface area (Å²) in [5, 5.41) is 16.8. The number of aromatic nitrogens is 3. The molecule has 0 saturated heterocycles. The molecule has 1 aliphatic rings. The number of carboxylic acids is 1. The maximum Gasteiger partial charge on any atom is 0.303 e. The van der Waals surface area contributed by atoms with Gasteiger partial charge in [0.05, 0.1) is 23.5 Å². The van der Waals surface area contributed by atoms with Gasteiger partial charge in [-0.3, -0.25) is 4.79 Å². The summed E-state index contributed by atoms with van der Waals surface area (Å²) < 4.78 is 1.94. The van der Waals surface area contributed by atoms with E-state index >= 15 is 0 Å². The number of carboxylic acid groups (broad SMARTS) is 1. The number of aryl methyl sites for hydroxylation is 2. The minimum Gasteiger partial charge on any atom is -0.481 e. The van der Waals surface area contributed by atoms with E-state index in [9.17, 15) is 4.79 Å². The third-order valence-corrected chi connectivity index (χ3v) is 4.95. The molecular formula is C15H19N3O2S. The summed E-state index contributed by atoms with van der Waals surface area (Å²) in [6.07, 6.45) is 3.94. The second-order valence-corrected chi connectivity index (χ2v) is 6.37. The molecule has 0 fully saturated rings. The molecule has 2 aromatic heterocycles. The summed E-state index contributed by atoms with van der Waals surface area (Å²) in [5.74, 6) is -0.635. The second kappa shape index (κ2) is 5.60. The van der Waals surface area contributed by atoms with Crippen molar-refractivity contribution in [1.82, 2.24) is 14.8 Å². The number of aliphatic carboxylic acids is 1. The summed E-state index contributed by atoms with van der Waals surface area (Å²) in [6, 6.07) is 0. The zero-order chi connectivity index (χ0) is 15.0. The number of fused-ring (bicyclic) bond motifs is 1. The van der Waals surface area contributed by atoms with Gasteiger partial charge >= 0.3 is 5.97 Å². The summed E-state index contributed by atoms with van der Waals surface area (Å²) in [7, 11) is 0. The molecule has 2 aromatic rings. The van der Waals surface area contributed by atoms with Crippen molar-refractivity contribution >= 4 is 17.3 Å². The van der Waals surface area contributed by atoms with Crippen LogP contribution in [-0.2, 0) is 17.6 Å². The molecule has 0 bridgehead atoms. The lowest BCUT2D eigenvalue weighted by molar-refractivity contribution is -0.137. The molecule has 6 heteroatoms. The van der Waals surface area contributed by atoms with Crippen LogP contribution in [0.1, 0.15) is 54.7 Å². The Balaban J connectivity index is 2.09. The minimum atomic E-state index is -0.729. The van der Waals surface area contributed by atoms with Crippen LogP contribution < -0.4 is 0 Å². The molecule has 1 aliphatic carbocycles. The molecule has 0 amide bonds. The van der Waals surface area contributed by atoms with Gasteiger partial charge in [-0.1, -0.05) is 6.92 Å². The molecule has 5 nitrogen and oxygen atoms in total. The first-order valence-electron chi connectivity index (χ1n) is 7.35. The van der Waals surface area contributed by atoms with E-state index in [1.165, 1.54) is 11.3 Å². The van der Waals surface area contributed by atoms with Crippen LogP contribution in [0.15, 0.2) is 5.38 Å². The van der Waals surface area contributed by atoms with Gasteiger partial charge in [0.1, 0.15) is 0 Å². The summed E-state index contributed by atoms with van der Waals surface area (Å²) in [5.41, 5.74) is 4.36. The molecular weight excluding hydrogens is 286 g/mol. The number of rotatable bonds is 4. The Hall–Kier alpha value is -1.69. The molecule has 3 rings (SSSR count). The molecule has 0 spiro atoms. The van der Waals surface area contributed by atoms with Crippen LogP contribution >= 0.6 is 11.3 Å².